The third kappa shape index (κ3) is 3.06. The molecule has 116 valence electrons. The molecule has 0 aromatic carbocycles. The first-order chi connectivity index (χ1) is 9.81. The number of amides is 2. The molecule has 1 N–H and O–H groups in total. The molecular formula is C14H22N4O3. The second-order valence-electron chi connectivity index (χ2n) is 6.11. The van der Waals surface area contributed by atoms with Crippen LogP contribution < -0.4 is 5.32 Å². The molecule has 0 spiro atoms. The molecule has 2 unspecified atom stereocenters. The summed E-state index contributed by atoms with van der Waals surface area (Å²) in [5, 5.41) is 6.64. The molecule has 7 nitrogen and oxygen atoms in total. The van der Waals surface area contributed by atoms with Gasteiger partial charge in [-0.2, -0.15) is 4.98 Å². The number of nitrogens with zero attached hydrogens (tertiary/aromatic N) is 3. The molecule has 0 radical (unpaired) electrons. The Hall–Kier alpha value is -1.92. The Bertz CT molecular complexity index is 538. The summed E-state index contributed by atoms with van der Waals surface area (Å²) in [5.74, 6) is 0.692. The van der Waals surface area contributed by atoms with Gasteiger partial charge in [0.05, 0.1) is 6.54 Å². The molecule has 1 saturated heterocycles. The van der Waals surface area contributed by atoms with Gasteiger partial charge in [0.2, 0.25) is 17.7 Å². The number of aryl methyl sites for hydroxylation is 1. The van der Waals surface area contributed by atoms with E-state index in [9.17, 15) is 9.59 Å². The predicted octanol–water partition coefficient (Wildman–Crippen LogP) is 0.886. The minimum Gasteiger partial charge on any atom is -0.342 e. The normalized spacial score (nSPS) is 23.1. The van der Waals surface area contributed by atoms with Crippen LogP contribution in [0.5, 0.6) is 0 Å². The number of rotatable bonds is 4. The van der Waals surface area contributed by atoms with Gasteiger partial charge in [-0.15, -0.1) is 0 Å². The molecular weight excluding hydrogens is 272 g/mol. The second kappa shape index (κ2) is 5.83. The molecule has 2 atom stereocenters. The Morgan fingerprint density at radius 2 is 1.90 bits per heavy atom. The summed E-state index contributed by atoms with van der Waals surface area (Å²) in [7, 11) is 0. The lowest BCUT2D eigenvalue weighted by atomic mass is 9.93. The van der Waals surface area contributed by atoms with E-state index in [1.165, 1.54) is 0 Å². The van der Waals surface area contributed by atoms with Gasteiger partial charge in [0, 0.05) is 6.92 Å². The fourth-order valence-electron chi connectivity index (χ4n) is 2.61. The van der Waals surface area contributed by atoms with Gasteiger partial charge >= 0.3 is 0 Å². The average molecular weight is 294 g/mol. The van der Waals surface area contributed by atoms with Gasteiger partial charge in [0.1, 0.15) is 12.1 Å². The highest BCUT2D eigenvalue weighted by molar-refractivity contribution is 5.97. The van der Waals surface area contributed by atoms with Gasteiger partial charge in [-0.25, -0.2) is 0 Å². The van der Waals surface area contributed by atoms with E-state index < -0.39 is 12.1 Å². The first kappa shape index (κ1) is 15.5. The Kier molecular flexibility index (Phi) is 4.29. The van der Waals surface area contributed by atoms with Crippen LogP contribution >= 0.6 is 0 Å². The molecule has 0 bridgehead atoms. The summed E-state index contributed by atoms with van der Waals surface area (Å²) in [6.07, 6.45) is 0. The van der Waals surface area contributed by atoms with Crippen LogP contribution in [0, 0.1) is 18.8 Å². The highest BCUT2D eigenvalue weighted by Crippen LogP contribution is 2.22. The van der Waals surface area contributed by atoms with E-state index in [0.717, 1.165) is 0 Å². The maximum Gasteiger partial charge on any atom is 0.246 e. The smallest absolute Gasteiger partial charge is 0.246 e. The SMILES string of the molecule is Cc1nc(CN2C(=O)C(C(C)C)NC(=O)C2C(C)C)no1. The topological polar surface area (TPSA) is 88.3 Å². The number of hydrogen-bond acceptors (Lipinski definition) is 5. The van der Waals surface area contributed by atoms with Crippen LogP contribution in [0.25, 0.3) is 0 Å². The van der Waals surface area contributed by atoms with E-state index in [4.69, 9.17) is 4.52 Å². The molecule has 2 rings (SSSR count). The van der Waals surface area contributed by atoms with Crippen molar-refractivity contribution in [1.29, 1.82) is 0 Å². The Labute approximate surface area is 124 Å². The molecule has 1 aromatic rings. The van der Waals surface area contributed by atoms with Crippen molar-refractivity contribution in [3.8, 4) is 0 Å². The fraction of sp³-hybridized carbons (Fsp3) is 0.714. The van der Waals surface area contributed by atoms with Gasteiger partial charge < -0.3 is 14.7 Å². The number of carbonyl (C=O) groups excluding carboxylic acids is 2. The van der Waals surface area contributed by atoms with Crippen LogP contribution in [0.2, 0.25) is 0 Å². The third-order valence-electron chi connectivity index (χ3n) is 3.63. The lowest BCUT2D eigenvalue weighted by Crippen LogP contribution is -2.65. The zero-order chi connectivity index (χ0) is 15.7. The van der Waals surface area contributed by atoms with Gasteiger partial charge in [0.25, 0.3) is 0 Å². The van der Waals surface area contributed by atoms with Gasteiger partial charge in [-0.05, 0) is 11.8 Å². The van der Waals surface area contributed by atoms with E-state index in [0.29, 0.717) is 11.7 Å². The van der Waals surface area contributed by atoms with Crippen molar-refractivity contribution < 1.29 is 14.1 Å². The monoisotopic (exact) mass is 294 g/mol. The summed E-state index contributed by atoms with van der Waals surface area (Å²) in [5.41, 5.74) is 0. The fourth-order valence-corrected chi connectivity index (χ4v) is 2.61. The lowest BCUT2D eigenvalue weighted by molar-refractivity contribution is -0.153. The van der Waals surface area contributed by atoms with E-state index in [-0.39, 0.29) is 30.2 Å². The molecule has 2 heterocycles. The Balaban J connectivity index is 2.29. The summed E-state index contributed by atoms with van der Waals surface area (Å²) in [4.78, 5) is 30.7. The van der Waals surface area contributed by atoms with Gasteiger partial charge in [-0.1, -0.05) is 32.9 Å². The number of carbonyl (C=O) groups is 2. The highest BCUT2D eigenvalue weighted by atomic mass is 16.5. The van der Waals surface area contributed by atoms with Crippen LogP contribution in [0.4, 0.5) is 0 Å². The van der Waals surface area contributed by atoms with E-state index in [2.05, 4.69) is 15.5 Å². The molecule has 0 aliphatic carbocycles. The van der Waals surface area contributed by atoms with E-state index in [1.807, 2.05) is 27.7 Å². The molecule has 1 fully saturated rings. The number of hydrogen-bond donors (Lipinski definition) is 1. The van der Waals surface area contributed by atoms with E-state index in [1.54, 1.807) is 11.8 Å². The van der Waals surface area contributed by atoms with Crippen LogP contribution in [-0.4, -0.2) is 38.9 Å². The van der Waals surface area contributed by atoms with Crippen molar-refractivity contribution in [1.82, 2.24) is 20.4 Å². The van der Waals surface area contributed by atoms with Crippen LogP contribution in [-0.2, 0) is 16.1 Å². The maximum absolute atomic E-state index is 12.7. The number of nitrogens with one attached hydrogen (secondary N) is 1. The average Bonchev–Trinajstić information content (AvgIpc) is 2.78. The molecule has 7 heteroatoms. The maximum atomic E-state index is 12.7. The van der Waals surface area contributed by atoms with Gasteiger partial charge in [0.15, 0.2) is 5.82 Å². The van der Waals surface area contributed by atoms with Gasteiger partial charge in [-0.3, -0.25) is 9.59 Å². The van der Waals surface area contributed by atoms with Crippen molar-refractivity contribution in [2.45, 2.75) is 53.2 Å². The predicted molar refractivity (Wildman–Crippen MR) is 75.0 cm³/mol. The van der Waals surface area contributed by atoms with Crippen LogP contribution in [0.1, 0.15) is 39.4 Å². The largest absolute Gasteiger partial charge is 0.342 e. The zero-order valence-corrected chi connectivity index (χ0v) is 13.1. The van der Waals surface area contributed by atoms with Crippen molar-refractivity contribution in [2.75, 3.05) is 0 Å². The Morgan fingerprint density at radius 3 is 2.38 bits per heavy atom. The molecule has 0 saturated carbocycles. The minimum absolute atomic E-state index is 0.00932. The summed E-state index contributed by atoms with van der Waals surface area (Å²) >= 11 is 0. The molecule has 1 aromatic heterocycles. The molecule has 2 amide bonds. The number of aromatic nitrogens is 2. The summed E-state index contributed by atoms with van der Waals surface area (Å²) in [6, 6.07) is -1.01. The van der Waals surface area contributed by atoms with Crippen LogP contribution in [0.15, 0.2) is 4.52 Å². The molecule has 1 aliphatic heterocycles. The van der Waals surface area contributed by atoms with E-state index >= 15 is 0 Å². The Morgan fingerprint density at radius 1 is 1.24 bits per heavy atom. The standard InChI is InChI=1S/C14H22N4O3/c1-7(2)11-14(20)18(6-10-15-9(5)21-17-10)12(8(3)4)13(19)16-11/h7-8,11-12H,6H2,1-5H3,(H,16,19). The third-order valence-corrected chi connectivity index (χ3v) is 3.63. The van der Waals surface area contributed by atoms with Crippen molar-refractivity contribution >= 4 is 11.8 Å². The molecule has 1 aliphatic rings. The van der Waals surface area contributed by atoms with Crippen molar-refractivity contribution in [2.24, 2.45) is 11.8 Å². The first-order valence-corrected chi connectivity index (χ1v) is 7.21. The lowest BCUT2D eigenvalue weighted by Gasteiger charge is -2.41. The summed E-state index contributed by atoms with van der Waals surface area (Å²) < 4.78 is 4.94. The minimum atomic E-state index is -0.508. The highest BCUT2D eigenvalue weighted by Gasteiger charge is 2.43. The molecule has 21 heavy (non-hydrogen) atoms. The first-order valence-electron chi connectivity index (χ1n) is 7.21. The quantitative estimate of drug-likeness (QED) is 0.890. The van der Waals surface area contributed by atoms with Crippen molar-refractivity contribution in [3.63, 3.8) is 0 Å². The number of piperazine rings is 1. The van der Waals surface area contributed by atoms with Crippen molar-refractivity contribution in [3.05, 3.63) is 11.7 Å². The zero-order valence-electron chi connectivity index (χ0n) is 13.1. The summed E-state index contributed by atoms with van der Waals surface area (Å²) in [6.45, 7) is 9.54. The second-order valence-corrected chi connectivity index (χ2v) is 6.11. The van der Waals surface area contributed by atoms with Crippen LogP contribution in [0.3, 0.4) is 0 Å².